The van der Waals surface area contributed by atoms with Crippen LogP contribution in [0, 0.1) is 11.8 Å². The van der Waals surface area contributed by atoms with Gasteiger partial charge in [0.1, 0.15) is 5.56 Å². The minimum Gasteiger partial charge on any atom is -0.481 e. The lowest BCUT2D eigenvalue weighted by Crippen LogP contribution is -2.29. The van der Waals surface area contributed by atoms with E-state index in [2.05, 4.69) is 26.0 Å². The van der Waals surface area contributed by atoms with E-state index in [1.807, 2.05) is 6.92 Å². The van der Waals surface area contributed by atoms with Gasteiger partial charge < -0.3 is 10.0 Å². The van der Waals surface area contributed by atoms with Crippen LogP contribution in [0.25, 0.3) is 5.65 Å². The van der Waals surface area contributed by atoms with Crippen LogP contribution in [0.4, 0.5) is 0 Å². The van der Waals surface area contributed by atoms with Gasteiger partial charge in [0.25, 0.3) is 5.91 Å². The molecule has 1 saturated heterocycles. The fourth-order valence-corrected chi connectivity index (χ4v) is 2.92. The van der Waals surface area contributed by atoms with Gasteiger partial charge in [-0.05, 0) is 21.8 Å². The molecule has 1 aliphatic heterocycles. The van der Waals surface area contributed by atoms with Crippen LogP contribution in [0.3, 0.4) is 0 Å². The van der Waals surface area contributed by atoms with Gasteiger partial charge in [0, 0.05) is 25.5 Å². The number of likely N-dealkylation sites (tertiary alicyclic amines) is 1. The Balaban J connectivity index is 1.90. The van der Waals surface area contributed by atoms with Gasteiger partial charge in [-0.2, -0.15) is 5.10 Å². The number of carbonyl (C=O) groups is 2. The molecule has 0 spiro atoms. The number of aliphatic carboxylic acids is 1. The number of halogens is 1. The summed E-state index contributed by atoms with van der Waals surface area (Å²) in [5.41, 5.74) is 0.857. The minimum atomic E-state index is -0.861. The van der Waals surface area contributed by atoms with Crippen LogP contribution in [-0.4, -0.2) is 49.6 Å². The third kappa shape index (κ3) is 2.39. The van der Waals surface area contributed by atoms with Gasteiger partial charge in [-0.15, -0.1) is 0 Å². The van der Waals surface area contributed by atoms with E-state index < -0.39 is 11.9 Å². The number of hydrogen-bond donors (Lipinski definition) is 1. The lowest BCUT2D eigenvalue weighted by Gasteiger charge is -2.14. The summed E-state index contributed by atoms with van der Waals surface area (Å²) >= 11 is 3.29. The van der Waals surface area contributed by atoms with Gasteiger partial charge in [-0.3, -0.25) is 9.59 Å². The topological polar surface area (TPSA) is 87.8 Å². The molecule has 3 rings (SSSR count). The summed E-state index contributed by atoms with van der Waals surface area (Å²) in [6.45, 7) is 2.50. The van der Waals surface area contributed by atoms with Crippen LogP contribution in [0.2, 0.25) is 0 Å². The molecular formula is C13H13BrN4O3. The number of carboxylic acids is 1. The van der Waals surface area contributed by atoms with E-state index in [-0.39, 0.29) is 18.4 Å². The molecule has 2 aromatic rings. The van der Waals surface area contributed by atoms with E-state index in [4.69, 9.17) is 5.11 Å². The van der Waals surface area contributed by atoms with Crippen molar-refractivity contribution in [1.82, 2.24) is 19.5 Å². The largest absolute Gasteiger partial charge is 0.481 e. The molecule has 8 heteroatoms. The molecule has 2 atom stereocenters. The average molecular weight is 353 g/mol. The van der Waals surface area contributed by atoms with E-state index in [1.54, 1.807) is 17.3 Å². The smallest absolute Gasteiger partial charge is 0.308 e. The Morgan fingerprint density at radius 2 is 2.14 bits per heavy atom. The third-order valence-electron chi connectivity index (χ3n) is 3.77. The monoisotopic (exact) mass is 352 g/mol. The maximum atomic E-state index is 12.5. The predicted molar refractivity (Wildman–Crippen MR) is 76.9 cm³/mol. The molecule has 0 aromatic carbocycles. The molecule has 7 nitrogen and oxygen atoms in total. The fraction of sp³-hybridized carbons (Fsp3) is 0.385. The van der Waals surface area contributed by atoms with Crippen molar-refractivity contribution < 1.29 is 14.7 Å². The highest BCUT2D eigenvalue weighted by Crippen LogP contribution is 2.25. The number of nitrogens with zero attached hydrogens (tertiary/aromatic N) is 4. The number of amides is 1. The molecule has 0 radical (unpaired) electrons. The Hall–Kier alpha value is -1.96. The zero-order valence-electron chi connectivity index (χ0n) is 11.2. The van der Waals surface area contributed by atoms with Gasteiger partial charge >= 0.3 is 5.97 Å². The Kier molecular flexibility index (Phi) is 3.40. The molecule has 1 amide bonds. The van der Waals surface area contributed by atoms with E-state index in [0.29, 0.717) is 17.8 Å². The van der Waals surface area contributed by atoms with Crippen molar-refractivity contribution in [2.75, 3.05) is 13.1 Å². The average Bonchev–Trinajstić information content (AvgIpc) is 3.01. The number of carbonyl (C=O) groups excluding carboxylic acids is 1. The Bertz CT molecular complexity index is 729. The molecule has 0 unspecified atom stereocenters. The van der Waals surface area contributed by atoms with E-state index in [0.717, 1.165) is 4.47 Å². The van der Waals surface area contributed by atoms with Crippen LogP contribution >= 0.6 is 15.9 Å². The fourth-order valence-electron chi connectivity index (χ4n) is 2.63. The first-order valence-electron chi connectivity index (χ1n) is 6.48. The maximum absolute atomic E-state index is 12.5. The van der Waals surface area contributed by atoms with Gasteiger partial charge in [0.2, 0.25) is 0 Å². The Labute approximate surface area is 128 Å². The summed E-state index contributed by atoms with van der Waals surface area (Å²) in [6, 6.07) is 0. The molecular weight excluding hydrogens is 340 g/mol. The summed E-state index contributed by atoms with van der Waals surface area (Å²) in [6.07, 6.45) is 4.78. The van der Waals surface area contributed by atoms with Crippen molar-refractivity contribution in [3.05, 3.63) is 28.6 Å². The second kappa shape index (κ2) is 5.10. The van der Waals surface area contributed by atoms with E-state index >= 15 is 0 Å². The molecule has 110 valence electrons. The summed E-state index contributed by atoms with van der Waals surface area (Å²) in [7, 11) is 0. The molecule has 0 saturated carbocycles. The van der Waals surface area contributed by atoms with Gasteiger partial charge in [0.15, 0.2) is 5.65 Å². The first-order valence-corrected chi connectivity index (χ1v) is 7.27. The number of fused-ring (bicyclic) bond motifs is 1. The van der Waals surface area contributed by atoms with Gasteiger partial charge in [0.05, 0.1) is 16.6 Å². The van der Waals surface area contributed by atoms with E-state index in [1.165, 1.54) is 10.7 Å². The maximum Gasteiger partial charge on any atom is 0.308 e. The molecule has 1 aliphatic rings. The molecule has 1 N–H and O–H groups in total. The molecule has 21 heavy (non-hydrogen) atoms. The minimum absolute atomic E-state index is 0.0598. The van der Waals surface area contributed by atoms with Crippen molar-refractivity contribution in [2.24, 2.45) is 11.8 Å². The van der Waals surface area contributed by atoms with Crippen molar-refractivity contribution in [2.45, 2.75) is 6.92 Å². The van der Waals surface area contributed by atoms with Crippen LogP contribution in [-0.2, 0) is 4.79 Å². The first kappa shape index (κ1) is 14.0. The molecule has 1 fully saturated rings. The molecule has 3 heterocycles. The predicted octanol–water partition coefficient (Wildman–Crippen LogP) is 1.28. The van der Waals surface area contributed by atoms with Gasteiger partial charge in [-0.1, -0.05) is 6.92 Å². The van der Waals surface area contributed by atoms with Crippen molar-refractivity contribution >= 4 is 33.5 Å². The number of carboxylic acid groups (broad SMARTS) is 1. The summed E-state index contributed by atoms with van der Waals surface area (Å²) in [4.78, 5) is 29.4. The molecule has 0 bridgehead atoms. The molecule has 2 aromatic heterocycles. The second-order valence-electron chi connectivity index (χ2n) is 5.23. The SMILES string of the molecule is C[C@@H]1CN(C(=O)c2cnn3cc(Br)cnc23)C[C@H]1C(=O)O. The third-order valence-corrected chi connectivity index (χ3v) is 4.18. The number of aromatic nitrogens is 3. The standard InChI is InChI=1S/C13H13BrN4O3/c1-7-4-17(6-10(7)13(20)21)12(19)9-3-16-18-5-8(14)2-15-11(9)18/h2-3,5,7,10H,4,6H2,1H3,(H,20,21)/t7-,10-/m1/s1. The Morgan fingerprint density at radius 3 is 2.81 bits per heavy atom. The van der Waals surface area contributed by atoms with Crippen LogP contribution in [0.1, 0.15) is 17.3 Å². The zero-order valence-corrected chi connectivity index (χ0v) is 12.8. The number of hydrogen-bond acceptors (Lipinski definition) is 4. The highest BCUT2D eigenvalue weighted by atomic mass is 79.9. The highest BCUT2D eigenvalue weighted by Gasteiger charge is 2.37. The quantitative estimate of drug-likeness (QED) is 0.879. The lowest BCUT2D eigenvalue weighted by molar-refractivity contribution is -0.142. The summed E-state index contributed by atoms with van der Waals surface area (Å²) in [5, 5.41) is 13.2. The van der Waals surface area contributed by atoms with Crippen molar-refractivity contribution in [3.63, 3.8) is 0 Å². The first-order chi connectivity index (χ1) is 9.97. The molecule has 0 aliphatic carbocycles. The van der Waals surface area contributed by atoms with Crippen molar-refractivity contribution in [3.8, 4) is 0 Å². The summed E-state index contributed by atoms with van der Waals surface area (Å²) < 4.78 is 2.28. The number of rotatable bonds is 2. The van der Waals surface area contributed by atoms with Crippen LogP contribution in [0.15, 0.2) is 23.1 Å². The second-order valence-corrected chi connectivity index (χ2v) is 6.15. The summed E-state index contributed by atoms with van der Waals surface area (Å²) in [5.74, 6) is -1.66. The van der Waals surface area contributed by atoms with Gasteiger partial charge in [-0.25, -0.2) is 9.50 Å². The van der Waals surface area contributed by atoms with Crippen molar-refractivity contribution in [1.29, 1.82) is 0 Å². The lowest BCUT2D eigenvalue weighted by atomic mass is 9.99. The van der Waals surface area contributed by atoms with E-state index in [9.17, 15) is 9.59 Å². The highest BCUT2D eigenvalue weighted by molar-refractivity contribution is 9.10. The Morgan fingerprint density at radius 1 is 1.38 bits per heavy atom. The zero-order chi connectivity index (χ0) is 15.1. The van der Waals surface area contributed by atoms with Crippen LogP contribution in [0.5, 0.6) is 0 Å². The van der Waals surface area contributed by atoms with Crippen LogP contribution < -0.4 is 0 Å². The normalized spacial score (nSPS) is 21.9.